The van der Waals surface area contributed by atoms with Crippen LogP contribution >= 0.6 is 0 Å². The van der Waals surface area contributed by atoms with Crippen LogP contribution < -0.4 is 0 Å². The zero-order valence-corrected chi connectivity index (χ0v) is 7.05. The summed E-state index contributed by atoms with van der Waals surface area (Å²) in [6.07, 6.45) is 2.17. The molecular formula is C10H22O3. The third kappa shape index (κ3) is 18.3. The molecule has 3 heteroatoms. The van der Waals surface area contributed by atoms with Gasteiger partial charge in [-0.25, -0.2) is 0 Å². The number of hydrogen-bond donors (Lipinski definition) is 0. The molecule has 0 unspecified atom stereocenters. The normalized spacial score (nSPS) is 7.85. The van der Waals surface area contributed by atoms with Crippen LogP contribution in [0.25, 0.3) is 0 Å². The van der Waals surface area contributed by atoms with E-state index in [0.717, 1.165) is 12.8 Å². The first kappa shape index (κ1) is 18.0. The second-order valence-corrected chi connectivity index (χ2v) is 2.50. The number of ether oxygens (including phenoxy) is 1. The van der Waals surface area contributed by atoms with Crippen molar-refractivity contribution in [2.24, 2.45) is 0 Å². The smallest absolute Gasteiger partial charge is 0.302 e. The Morgan fingerprint density at radius 2 is 1.62 bits per heavy atom. The number of esters is 1. The maximum Gasteiger partial charge on any atom is 0.302 e. The number of Topliss-reactive ketones (excluding diaryl/α,β-unsaturated/α-hetero) is 1. The van der Waals surface area contributed by atoms with E-state index < -0.39 is 0 Å². The first-order valence-corrected chi connectivity index (χ1v) is 3.75. The van der Waals surface area contributed by atoms with Gasteiger partial charge in [0.15, 0.2) is 0 Å². The number of unbranched alkanes of at least 4 members (excludes halogenated alkanes) is 1. The Morgan fingerprint density at radius 3 is 2.00 bits per heavy atom. The van der Waals surface area contributed by atoms with Crippen LogP contribution in [0, 0.1) is 0 Å². The second-order valence-electron chi connectivity index (χ2n) is 2.50. The zero-order valence-electron chi connectivity index (χ0n) is 7.05. The minimum absolute atomic E-state index is 0. The number of carbonyl (C=O) groups excluding carboxylic acids is 2. The summed E-state index contributed by atoms with van der Waals surface area (Å²) in [5.74, 6) is -0.0688. The molecular weight excluding hydrogens is 168 g/mol. The molecule has 0 N–H and O–H groups in total. The number of hydrogen-bond acceptors (Lipinski definition) is 3. The van der Waals surface area contributed by atoms with E-state index in [4.69, 9.17) is 0 Å². The Balaban J connectivity index is -0.000000500. The third-order valence-electron chi connectivity index (χ3n) is 1.23. The number of ketones is 1. The van der Waals surface area contributed by atoms with Crippen molar-refractivity contribution in [1.82, 2.24) is 0 Å². The molecule has 0 fully saturated rings. The first-order chi connectivity index (χ1) is 5.13. The standard InChI is InChI=1S/C8H14O3.2CH4/c1-7(9)5-3-4-6-11-8(2)10;;/h3-6H2,1-2H3;2*1H4. The van der Waals surface area contributed by atoms with Crippen LogP contribution in [-0.4, -0.2) is 18.4 Å². The summed E-state index contributed by atoms with van der Waals surface area (Å²) in [6, 6.07) is 0. The lowest BCUT2D eigenvalue weighted by molar-refractivity contribution is -0.141. The van der Waals surface area contributed by atoms with E-state index in [-0.39, 0.29) is 26.6 Å². The van der Waals surface area contributed by atoms with E-state index in [1.54, 1.807) is 6.92 Å². The minimum Gasteiger partial charge on any atom is -0.466 e. The van der Waals surface area contributed by atoms with Gasteiger partial charge in [-0.15, -0.1) is 0 Å². The molecule has 0 heterocycles. The molecule has 0 saturated carbocycles. The monoisotopic (exact) mass is 190 g/mol. The molecule has 0 radical (unpaired) electrons. The van der Waals surface area contributed by atoms with E-state index in [2.05, 4.69) is 4.74 Å². The van der Waals surface area contributed by atoms with Crippen LogP contribution in [0.5, 0.6) is 0 Å². The van der Waals surface area contributed by atoms with E-state index in [1.165, 1.54) is 6.92 Å². The van der Waals surface area contributed by atoms with Crippen molar-refractivity contribution in [1.29, 1.82) is 0 Å². The molecule has 0 rings (SSSR count). The van der Waals surface area contributed by atoms with Crippen LogP contribution in [0.15, 0.2) is 0 Å². The Bertz CT molecular complexity index is 125. The predicted octanol–water partition coefficient (Wildman–Crippen LogP) is 2.58. The molecule has 3 nitrogen and oxygen atoms in total. The summed E-state index contributed by atoms with van der Waals surface area (Å²) in [6.45, 7) is 3.37. The molecule has 0 aromatic rings. The van der Waals surface area contributed by atoms with Crippen molar-refractivity contribution in [2.45, 2.75) is 48.0 Å². The van der Waals surface area contributed by atoms with Gasteiger partial charge in [-0.1, -0.05) is 14.9 Å². The highest BCUT2D eigenvalue weighted by molar-refractivity contribution is 5.75. The summed E-state index contributed by atoms with van der Waals surface area (Å²) in [5, 5.41) is 0. The Labute approximate surface area is 81.5 Å². The Morgan fingerprint density at radius 1 is 1.08 bits per heavy atom. The topological polar surface area (TPSA) is 43.4 Å². The summed E-state index contributed by atoms with van der Waals surface area (Å²) < 4.78 is 4.67. The molecule has 0 aromatic heterocycles. The summed E-state index contributed by atoms with van der Waals surface area (Å²) in [7, 11) is 0. The molecule has 80 valence electrons. The van der Waals surface area contributed by atoms with Gasteiger partial charge in [-0.05, 0) is 19.8 Å². The third-order valence-corrected chi connectivity index (χ3v) is 1.23. The molecule has 0 spiro atoms. The summed E-state index contributed by atoms with van der Waals surface area (Å²) in [5.41, 5.74) is 0. The molecule has 0 aliphatic heterocycles. The summed E-state index contributed by atoms with van der Waals surface area (Å²) >= 11 is 0. The largest absolute Gasteiger partial charge is 0.466 e. The van der Waals surface area contributed by atoms with Crippen molar-refractivity contribution in [3.63, 3.8) is 0 Å². The van der Waals surface area contributed by atoms with Gasteiger partial charge >= 0.3 is 5.97 Å². The van der Waals surface area contributed by atoms with Crippen molar-refractivity contribution in [3.8, 4) is 0 Å². The van der Waals surface area contributed by atoms with Gasteiger partial charge in [0, 0.05) is 13.3 Å². The van der Waals surface area contributed by atoms with E-state index in [9.17, 15) is 9.59 Å². The fourth-order valence-electron chi connectivity index (χ4n) is 0.692. The first-order valence-electron chi connectivity index (χ1n) is 3.75. The minimum atomic E-state index is -0.257. The van der Waals surface area contributed by atoms with Gasteiger partial charge in [-0.3, -0.25) is 4.79 Å². The van der Waals surface area contributed by atoms with Gasteiger partial charge < -0.3 is 9.53 Å². The van der Waals surface area contributed by atoms with E-state index in [1.807, 2.05) is 0 Å². The molecule has 0 atom stereocenters. The van der Waals surface area contributed by atoms with Crippen LogP contribution in [0.1, 0.15) is 48.0 Å². The highest BCUT2D eigenvalue weighted by Crippen LogP contribution is 1.96. The Hall–Kier alpha value is -0.860. The maximum absolute atomic E-state index is 10.4. The average molecular weight is 190 g/mol. The molecule has 0 saturated heterocycles. The van der Waals surface area contributed by atoms with Crippen LogP contribution in [-0.2, 0) is 14.3 Å². The van der Waals surface area contributed by atoms with Gasteiger partial charge in [0.05, 0.1) is 6.61 Å². The highest BCUT2D eigenvalue weighted by Gasteiger charge is 1.95. The van der Waals surface area contributed by atoms with Crippen molar-refractivity contribution >= 4 is 11.8 Å². The Kier molecular flexibility index (Phi) is 15.5. The van der Waals surface area contributed by atoms with Gasteiger partial charge in [-0.2, -0.15) is 0 Å². The van der Waals surface area contributed by atoms with E-state index in [0.29, 0.717) is 13.0 Å². The van der Waals surface area contributed by atoms with E-state index >= 15 is 0 Å². The van der Waals surface area contributed by atoms with Gasteiger partial charge in [0.2, 0.25) is 0 Å². The fourth-order valence-corrected chi connectivity index (χ4v) is 0.692. The fraction of sp³-hybridized carbons (Fsp3) is 0.800. The molecule has 13 heavy (non-hydrogen) atoms. The van der Waals surface area contributed by atoms with Crippen LogP contribution in [0.4, 0.5) is 0 Å². The number of carbonyl (C=O) groups is 2. The summed E-state index contributed by atoms with van der Waals surface area (Å²) in [4.78, 5) is 20.7. The van der Waals surface area contributed by atoms with Crippen molar-refractivity contribution in [2.75, 3.05) is 6.61 Å². The zero-order chi connectivity index (χ0) is 8.69. The molecule has 0 amide bonds. The second kappa shape index (κ2) is 11.1. The lowest BCUT2D eigenvalue weighted by Gasteiger charge is -1.99. The van der Waals surface area contributed by atoms with Gasteiger partial charge in [0.1, 0.15) is 5.78 Å². The van der Waals surface area contributed by atoms with Crippen LogP contribution in [0.2, 0.25) is 0 Å². The SMILES string of the molecule is C.C.CC(=O)CCCCOC(C)=O. The van der Waals surface area contributed by atoms with Crippen molar-refractivity contribution in [3.05, 3.63) is 0 Å². The molecule has 0 aromatic carbocycles. The number of rotatable bonds is 5. The quantitative estimate of drug-likeness (QED) is 0.494. The van der Waals surface area contributed by atoms with Crippen molar-refractivity contribution < 1.29 is 14.3 Å². The predicted molar refractivity (Wildman–Crippen MR) is 54.6 cm³/mol. The highest BCUT2D eigenvalue weighted by atomic mass is 16.5. The molecule has 0 aliphatic rings. The van der Waals surface area contributed by atoms with Gasteiger partial charge in [0.25, 0.3) is 0 Å². The van der Waals surface area contributed by atoms with Crippen LogP contribution in [0.3, 0.4) is 0 Å². The molecule has 0 aliphatic carbocycles. The molecule has 0 bridgehead atoms. The maximum atomic E-state index is 10.4. The lowest BCUT2D eigenvalue weighted by atomic mass is 10.2. The lowest BCUT2D eigenvalue weighted by Crippen LogP contribution is -2.01. The average Bonchev–Trinajstić information content (AvgIpc) is 1.85.